The standard InChI is InChI=1S/C18H22OS2/c1-6-8-20-12-14-10-15(13-21-9-7-2)17(19)16(11-14)18(3,4)5/h1-2,10-11,19H,8-9,12-13H2,3-5H3. The van der Waals surface area contributed by atoms with Crippen LogP contribution in [0.3, 0.4) is 0 Å². The van der Waals surface area contributed by atoms with Gasteiger partial charge in [-0.25, -0.2) is 0 Å². The van der Waals surface area contributed by atoms with Crippen molar-refractivity contribution >= 4 is 23.5 Å². The molecule has 0 aromatic heterocycles. The van der Waals surface area contributed by atoms with Crippen molar-refractivity contribution in [1.29, 1.82) is 0 Å². The van der Waals surface area contributed by atoms with Gasteiger partial charge in [0.25, 0.3) is 0 Å². The first kappa shape index (κ1) is 17.9. The first-order valence-corrected chi connectivity index (χ1v) is 9.08. The molecule has 0 spiro atoms. The van der Waals surface area contributed by atoms with Gasteiger partial charge < -0.3 is 5.11 Å². The Kier molecular flexibility index (Phi) is 7.09. The van der Waals surface area contributed by atoms with E-state index in [9.17, 15) is 5.11 Å². The highest BCUT2D eigenvalue weighted by atomic mass is 32.2. The first-order valence-electron chi connectivity index (χ1n) is 6.77. The van der Waals surface area contributed by atoms with Crippen LogP contribution in [0.2, 0.25) is 0 Å². The third kappa shape index (κ3) is 5.62. The molecular weight excluding hydrogens is 296 g/mol. The summed E-state index contributed by atoms with van der Waals surface area (Å²) in [4.78, 5) is 0. The van der Waals surface area contributed by atoms with Gasteiger partial charge in [0.05, 0.1) is 11.5 Å². The Labute approximate surface area is 137 Å². The second-order valence-corrected chi connectivity index (χ2v) is 7.77. The molecule has 0 saturated heterocycles. The average Bonchev–Trinajstić information content (AvgIpc) is 2.41. The molecule has 21 heavy (non-hydrogen) atoms. The number of aromatic hydroxyl groups is 1. The molecule has 1 aromatic rings. The summed E-state index contributed by atoms with van der Waals surface area (Å²) in [6.45, 7) is 6.33. The van der Waals surface area contributed by atoms with E-state index >= 15 is 0 Å². The molecule has 1 rings (SSSR count). The van der Waals surface area contributed by atoms with Gasteiger partial charge in [-0.15, -0.1) is 36.4 Å². The predicted molar refractivity (Wildman–Crippen MR) is 96.8 cm³/mol. The monoisotopic (exact) mass is 318 g/mol. The Morgan fingerprint density at radius 3 is 2.14 bits per heavy atom. The molecule has 0 atom stereocenters. The second kappa shape index (κ2) is 8.32. The van der Waals surface area contributed by atoms with Crippen molar-refractivity contribution in [3.8, 4) is 30.4 Å². The van der Waals surface area contributed by atoms with Gasteiger partial charge >= 0.3 is 0 Å². The highest BCUT2D eigenvalue weighted by Gasteiger charge is 2.21. The van der Waals surface area contributed by atoms with E-state index in [2.05, 4.69) is 44.7 Å². The van der Waals surface area contributed by atoms with E-state index < -0.39 is 0 Å². The van der Waals surface area contributed by atoms with Crippen molar-refractivity contribution in [1.82, 2.24) is 0 Å². The van der Waals surface area contributed by atoms with Crippen molar-refractivity contribution in [2.75, 3.05) is 11.5 Å². The van der Waals surface area contributed by atoms with E-state index in [4.69, 9.17) is 12.8 Å². The smallest absolute Gasteiger partial charge is 0.123 e. The Morgan fingerprint density at radius 1 is 1.05 bits per heavy atom. The van der Waals surface area contributed by atoms with E-state index in [0.29, 0.717) is 17.3 Å². The van der Waals surface area contributed by atoms with Gasteiger partial charge in [0.2, 0.25) is 0 Å². The number of phenols is 1. The lowest BCUT2D eigenvalue weighted by Gasteiger charge is -2.23. The molecule has 1 aromatic carbocycles. The van der Waals surface area contributed by atoms with Crippen LogP contribution >= 0.6 is 23.5 Å². The van der Waals surface area contributed by atoms with Gasteiger partial charge in [0.15, 0.2) is 0 Å². The van der Waals surface area contributed by atoms with Crippen LogP contribution in [0.5, 0.6) is 5.75 Å². The van der Waals surface area contributed by atoms with E-state index in [1.807, 2.05) is 0 Å². The summed E-state index contributed by atoms with van der Waals surface area (Å²) in [6, 6.07) is 4.16. The topological polar surface area (TPSA) is 20.2 Å². The molecule has 0 aliphatic carbocycles. The van der Waals surface area contributed by atoms with Crippen molar-refractivity contribution in [2.45, 2.75) is 37.7 Å². The predicted octanol–water partition coefficient (Wildman–Crippen LogP) is 4.42. The molecule has 1 nitrogen and oxygen atoms in total. The maximum absolute atomic E-state index is 10.5. The SMILES string of the molecule is C#CCSCc1cc(CSCC#C)c(O)c(C(C)(C)C)c1. The van der Waals surface area contributed by atoms with Gasteiger partial charge in [-0.3, -0.25) is 0 Å². The molecule has 0 fully saturated rings. The summed E-state index contributed by atoms with van der Waals surface area (Å²) in [5, 5.41) is 10.5. The molecule has 3 heteroatoms. The Hall–Kier alpha value is -1.16. The second-order valence-electron chi connectivity index (χ2n) is 5.79. The summed E-state index contributed by atoms with van der Waals surface area (Å²) in [6.07, 6.45) is 10.6. The molecule has 0 unspecified atom stereocenters. The van der Waals surface area contributed by atoms with Crippen LogP contribution < -0.4 is 0 Å². The third-order valence-corrected chi connectivity index (χ3v) is 4.75. The Morgan fingerprint density at radius 2 is 1.62 bits per heavy atom. The molecule has 0 bridgehead atoms. The minimum absolute atomic E-state index is 0.0948. The minimum Gasteiger partial charge on any atom is -0.507 e. The summed E-state index contributed by atoms with van der Waals surface area (Å²) in [7, 11) is 0. The maximum atomic E-state index is 10.5. The minimum atomic E-state index is -0.0948. The molecule has 0 aliphatic rings. The van der Waals surface area contributed by atoms with Crippen molar-refractivity contribution in [2.24, 2.45) is 0 Å². The zero-order valence-electron chi connectivity index (χ0n) is 12.9. The van der Waals surface area contributed by atoms with Gasteiger partial charge in [-0.2, -0.15) is 0 Å². The first-order chi connectivity index (χ1) is 9.90. The van der Waals surface area contributed by atoms with Gasteiger partial charge in [-0.05, 0) is 16.5 Å². The summed E-state index contributed by atoms with van der Waals surface area (Å²) < 4.78 is 0. The summed E-state index contributed by atoms with van der Waals surface area (Å²) in [5.41, 5.74) is 3.05. The molecule has 0 saturated carbocycles. The molecular formula is C18H22OS2. The van der Waals surface area contributed by atoms with Crippen LogP contribution in [-0.2, 0) is 16.9 Å². The van der Waals surface area contributed by atoms with Gasteiger partial charge in [-0.1, -0.05) is 44.7 Å². The number of rotatable bonds is 6. The van der Waals surface area contributed by atoms with Crippen LogP contribution in [0.25, 0.3) is 0 Å². The zero-order chi connectivity index (χ0) is 15.9. The lowest BCUT2D eigenvalue weighted by molar-refractivity contribution is 0.442. The molecule has 0 heterocycles. The fraction of sp³-hybridized carbons (Fsp3) is 0.444. The molecule has 0 aliphatic heterocycles. The number of phenolic OH excluding ortho intramolecular Hbond substituents is 1. The molecule has 1 N–H and O–H groups in total. The van der Waals surface area contributed by atoms with E-state index in [1.54, 1.807) is 23.5 Å². The number of terminal acetylenes is 2. The van der Waals surface area contributed by atoms with Crippen LogP contribution in [0.1, 0.15) is 37.5 Å². The largest absolute Gasteiger partial charge is 0.507 e. The number of hydrogen-bond donors (Lipinski definition) is 1. The van der Waals surface area contributed by atoms with Crippen molar-refractivity contribution in [3.05, 3.63) is 28.8 Å². The van der Waals surface area contributed by atoms with Crippen LogP contribution in [0, 0.1) is 24.7 Å². The quantitative estimate of drug-likeness (QED) is 0.619. The Bertz CT molecular complexity index is 556. The average molecular weight is 319 g/mol. The van der Waals surface area contributed by atoms with Crippen LogP contribution in [0.4, 0.5) is 0 Å². The number of benzene rings is 1. The lowest BCUT2D eigenvalue weighted by Crippen LogP contribution is -2.12. The number of thioether (sulfide) groups is 2. The van der Waals surface area contributed by atoms with Gasteiger partial charge in [0.1, 0.15) is 5.75 Å². The molecule has 112 valence electrons. The summed E-state index contributed by atoms with van der Waals surface area (Å²) >= 11 is 3.35. The zero-order valence-corrected chi connectivity index (χ0v) is 14.5. The third-order valence-electron chi connectivity index (χ3n) is 2.95. The highest BCUT2D eigenvalue weighted by molar-refractivity contribution is 7.98. The maximum Gasteiger partial charge on any atom is 0.123 e. The van der Waals surface area contributed by atoms with Gasteiger partial charge in [0, 0.05) is 17.1 Å². The van der Waals surface area contributed by atoms with E-state index in [0.717, 1.165) is 22.6 Å². The summed E-state index contributed by atoms with van der Waals surface area (Å²) in [5.74, 6) is 8.60. The Balaban J connectivity index is 3.07. The van der Waals surface area contributed by atoms with Crippen LogP contribution in [-0.4, -0.2) is 16.6 Å². The lowest BCUT2D eigenvalue weighted by atomic mass is 9.84. The number of hydrogen-bond acceptors (Lipinski definition) is 3. The molecule has 0 amide bonds. The van der Waals surface area contributed by atoms with E-state index in [1.165, 1.54) is 5.56 Å². The van der Waals surface area contributed by atoms with Crippen LogP contribution in [0.15, 0.2) is 12.1 Å². The van der Waals surface area contributed by atoms with Crippen molar-refractivity contribution < 1.29 is 5.11 Å². The van der Waals surface area contributed by atoms with Crippen molar-refractivity contribution in [3.63, 3.8) is 0 Å². The van der Waals surface area contributed by atoms with E-state index in [-0.39, 0.29) is 5.41 Å². The highest BCUT2D eigenvalue weighted by Crippen LogP contribution is 2.36. The normalized spacial score (nSPS) is 10.9. The molecule has 0 radical (unpaired) electrons. The fourth-order valence-electron chi connectivity index (χ4n) is 1.97. The fourth-order valence-corrected chi connectivity index (χ4v) is 3.26.